The van der Waals surface area contributed by atoms with E-state index in [2.05, 4.69) is 21.3 Å². The summed E-state index contributed by atoms with van der Waals surface area (Å²) in [5, 5.41) is 21.2. The summed E-state index contributed by atoms with van der Waals surface area (Å²) in [6.45, 7) is 0. The number of amides is 1. The highest BCUT2D eigenvalue weighted by Crippen LogP contribution is 2.18. The Labute approximate surface area is 173 Å². The first-order chi connectivity index (χ1) is 14.1. The number of carbonyl (C=O) groups excluding carboxylic acids is 1. The Balaban J connectivity index is 2.19. The number of carboxylic acid groups (broad SMARTS) is 1. The molecule has 1 atom stereocenters. The molecule has 0 bridgehead atoms. The maximum absolute atomic E-state index is 12.5. The molecule has 2 rings (SSSR count). The largest absolute Gasteiger partial charge is 0.481 e. The molecule has 0 aliphatic heterocycles. The number of rotatable bonds is 8. The predicted octanol–water partition coefficient (Wildman–Crippen LogP) is 0.999. The third-order valence-corrected chi connectivity index (χ3v) is 5.15. The summed E-state index contributed by atoms with van der Waals surface area (Å²) in [7, 11) is -4.11. The second-order valence-electron chi connectivity index (χ2n) is 6.04. The van der Waals surface area contributed by atoms with Crippen LogP contribution >= 0.6 is 0 Å². The molecule has 11 heteroatoms. The van der Waals surface area contributed by atoms with Gasteiger partial charge in [0.1, 0.15) is 0 Å². The number of benzene rings is 2. The quantitative estimate of drug-likeness (QED) is 0.206. The second kappa shape index (κ2) is 9.55. The van der Waals surface area contributed by atoms with E-state index >= 15 is 0 Å². The van der Waals surface area contributed by atoms with Crippen LogP contribution in [0, 0.1) is 17.8 Å². The highest BCUT2D eigenvalue weighted by atomic mass is 32.2. The Morgan fingerprint density at radius 3 is 2.37 bits per heavy atom. The Morgan fingerprint density at radius 1 is 1.13 bits per heavy atom. The minimum atomic E-state index is -4.11. The molecule has 156 valence electrons. The summed E-state index contributed by atoms with van der Waals surface area (Å²) in [6.07, 6.45) is 4.61. The van der Waals surface area contributed by atoms with Gasteiger partial charge in [0.2, 0.25) is 10.0 Å². The number of carbonyl (C=O) groups is 2. The van der Waals surface area contributed by atoms with Gasteiger partial charge in [0, 0.05) is 16.9 Å². The third kappa shape index (κ3) is 6.33. The maximum Gasteiger partial charge on any atom is 0.305 e. The summed E-state index contributed by atoms with van der Waals surface area (Å²) in [4.78, 5) is 23.1. The number of aliphatic carboxylic acids is 1. The number of nitrogens with two attached hydrogens (primary N) is 1. The predicted molar refractivity (Wildman–Crippen MR) is 112 cm³/mol. The van der Waals surface area contributed by atoms with Crippen molar-refractivity contribution in [3.05, 3.63) is 54.1 Å². The second-order valence-corrected chi connectivity index (χ2v) is 7.75. The van der Waals surface area contributed by atoms with Crippen molar-refractivity contribution in [1.82, 2.24) is 4.72 Å². The minimum Gasteiger partial charge on any atom is -0.481 e. The van der Waals surface area contributed by atoms with Gasteiger partial charge in [0.05, 0.1) is 17.4 Å². The minimum absolute atomic E-state index is 0.196. The molecule has 0 fully saturated rings. The van der Waals surface area contributed by atoms with Gasteiger partial charge in [-0.15, -0.1) is 6.42 Å². The van der Waals surface area contributed by atoms with Crippen LogP contribution < -0.4 is 21.1 Å². The topological polar surface area (TPSA) is 174 Å². The highest BCUT2D eigenvalue weighted by molar-refractivity contribution is 7.89. The molecule has 1 unspecified atom stereocenters. The first-order valence-electron chi connectivity index (χ1n) is 8.43. The van der Waals surface area contributed by atoms with E-state index in [0.717, 1.165) is 0 Å². The highest BCUT2D eigenvalue weighted by Gasteiger charge is 2.21. The Bertz CT molecular complexity index is 1120. The van der Waals surface area contributed by atoms with E-state index in [0.29, 0.717) is 5.69 Å². The first kappa shape index (κ1) is 22.4. The first-order valence-corrected chi connectivity index (χ1v) is 9.92. The fourth-order valence-corrected chi connectivity index (χ4v) is 3.60. The molecule has 7 N–H and O–H groups in total. The van der Waals surface area contributed by atoms with Gasteiger partial charge < -0.3 is 21.5 Å². The van der Waals surface area contributed by atoms with Crippen LogP contribution in [-0.2, 0) is 14.8 Å². The molecule has 30 heavy (non-hydrogen) atoms. The summed E-state index contributed by atoms with van der Waals surface area (Å²) in [5.74, 6) is 0.0259. The number of anilines is 2. The summed E-state index contributed by atoms with van der Waals surface area (Å²) in [6, 6.07) is 10.4. The van der Waals surface area contributed by atoms with E-state index in [1.165, 1.54) is 36.4 Å². The maximum atomic E-state index is 12.5. The zero-order chi connectivity index (χ0) is 22.3. The van der Waals surface area contributed by atoms with E-state index < -0.39 is 34.4 Å². The molecule has 1 amide bonds. The zero-order valence-corrected chi connectivity index (χ0v) is 16.4. The SMILES string of the molecule is C#CC(CC(=O)O)NS(=O)(=O)c1cccc(NC(=O)c2cccc(NC(=N)N)c2)c1. The molecule has 0 aliphatic carbocycles. The number of hydrogen-bond acceptors (Lipinski definition) is 5. The fourth-order valence-electron chi connectivity index (χ4n) is 2.40. The van der Waals surface area contributed by atoms with Crippen LogP contribution in [0.15, 0.2) is 53.4 Å². The number of sulfonamides is 1. The summed E-state index contributed by atoms with van der Waals surface area (Å²) in [5.41, 5.74) is 6.15. The lowest BCUT2D eigenvalue weighted by Crippen LogP contribution is -2.35. The molecule has 2 aromatic rings. The molecule has 0 spiro atoms. The zero-order valence-electron chi connectivity index (χ0n) is 15.5. The normalized spacial score (nSPS) is 11.7. The van der Waals surface area contributed by atoms with Crippen LogP contribution in [0.1, 0.15) is 16.8 Å². The van der Waals surface area contributed by atoms with Crippen molar-refractivity contribution >= 4 is 39.2 Å². The molecule has 0 saturated heterocycles. The van der Waals surface area contributed by atoms with Crippen molar-refractivity contribution in [2.75, 3.05) is 10.6 Å². The number of guanidine groups is 1. The van der Waals surface area contributed by atoms with Gasteiger partial charge in [-0.05, 0) is 36.4 Å². The van der Waals surface area contributed by atoms with E-state index in [-0.39, 0.29) is 22.1 Å². The summed E-state index contributed by atoms with van der Waals surface area (Å²) >= 11 is 0. The van der Waals surface area contributed by atoms with Crippen molar-refractivity contribution in [3.8, 4) is 12.3 Å². The fraction of sp³-hybridized carbons (Fsp3) is 0.105. The molecular formula is C19H19N5O5S. The van der Waals surface area contributed by atoms with Crippen LogP contribution in [0.4, 0.5) is 11.4 Å². The molecule has 2 aromatic carbocycles. The third-order valence-electron chi connectivity index (χ3n) is 3.68. The van der Waals surface area contributed by atoms with Crippen molar-refractivity contribution in [3.63, 3.8) is 0 Å². The molecule has 0 radical (unpaired) electrons. The monoisotopic (exact) mass is 429 g/mol. The average Bonchev–Trinajstić information content (AvgIpc) is 2.66. The van der Waals surface area contributed by atoms with Gasteiger partial charge in [0.25, 0.3) is 5.91 Å². The lowest BCUT2D eigenvalue weighted by molar-refractivity contribution is -0.137. The van der Waals surface area contributed by atoms with Gasteiger partial charge >= 0.3 is 5.97 Å². The van der Waals surface area contributed by atoms with Crippen LogP contribution in [-0.4, -0.2) is 37.4 Å². The van der Waals surface area contributed by atoms with E-state index in [1.807, 2.05) is 0 Å². The lowest BCUT2D eigenvalue weighted by Gasteiger charge is -2.13. The van der Waals surface area contributed by atoms with Gasteiger partial charge in [0.15, 0.2) is 5.96 Å². The van der Waals surface area contributed by atoms with Crippen molar-refractivity contribution in [1.29, 1.82) is 5.41 Å². The number of nitrogens with one attached hydrogen (secondary N) is 4. The van der Waals surface area contributed by atoms with Gasteiger partial charge in [-0.25, -0.2) is 8.42 Å². The molecule has 0 aromatic heterocycles. The Hall–Kier alpha value is -3.88. The van der Waals surface area contributed by atoms with Gasteiger partial charge in [-0.3, -0.25) is 15.0 Å². The van der Waals surface area contributed by atoms with Crippen LogP contribution in [0.25, 0.3) is 0 Å². The van der Waals surface area contributed by atoms with Gasteiger partial charge in [-0.1, -0.05) is 18.1 Å². The van der Waals surface area contributed by atoms with E-state index in [9.17, 15) is 18.0 Å². The van der Waals surface area contributed by atoms with Gasteiger partial charge in [-0.2, -0.15) is 4.72 Å². The molecular weight excluding hydrogens is 410 g/mol. The van der Waals surface area contributed by atoms with E-state index in [1.54, 1.807) is 12.1 Å². The number of terminal acetylenes is 1. The van der Waals surface area contributed by atoms with Crippen molar-refractivity contribution in [2.45, 2.75) is 17.4 Å². The molecule has 0 aliphatic rings. The standard InChI is InChI=1S/C19H19N5O5S/c1-2-13(11-17(25)26)24-30(28,29)16-8-4-7-15(10-16)22-18(27)12-5-3-6-14(9-12)23-19(20)21/h1,3-10,13,24H,11H2,(H,22,27)(H,25,26)(H4,20,21,23). The van der Waals surface area contributed by atoms with Crippen molar-refractivity contribution < 1.29 is 23.1 Å². The van der Waals surface area contributed by atoms with Crippen LogP contribution in [0.3, 0.4) is 0 Å². The summed E-state index contributed by atoms with van der Waals surface area (Å²) < 4.78 is 27.1. The molecule has 0 saturated carbocycles. The smallest absolute Gasteiger partial charge is 0.305 e. The lowest BCUT2D eigenvalue weighted by atomic mass is 10.2. The average molecular weight is 429 g/mol. The molecule has 0 heterocycles. The Kier molecular flexibility index (Phi) is 7.13. The van der Waals surface area contributed by atoms with Crippen molar-refractivity contribution in [2.24, 2.45) is 5.73 Å². The Morgan fingerprint density at radius 2 is 1.77 bits per heavy atom. The number of carboxylic acids is 1. The molecule has 10 nitrogen and oxygen atoms in total. The number of hydrogen-bond donors (Lipinski definition) is 6. The van der Waals surface area contributed by atoms with Crippen LogP contribution in [0.5, 0.6) is 0 Å². The van der Waals surface area contributed by atoms with E-state index in [4.69, 9.17) is 22.7 Å². The van der Waals surface area contributed by atoms with Crippen LogP contribution in [0.2, 0.25) is 0 Å².